The van der Waals surface area contributed by atoms with Gasteiger partial charge >= 0.3 is 0 Å². The molecule has 4 nitrogen and oxygen atoms in total. The first-order chi connectivity index (χ1) is 5.99. The number of amides is 1. The molecule has 0 saturated heterocycles. The van der Waals surface area contributed by atoms with Gasteiger partial charge in [0.2, 0.25) is 5.91 Å². The monoisotopic (exact) mass is 187 g/mol. The Balaban J connectivity index is 3.78. The molecule has 1 amide bonds. The van der Waals surface area contributed by atoms with Crippen molar-refractivity contribution in [3.8, 4) is 0 Å². The van der Waals surface area contributed by atoms with E-state index >= 15 is 0 Å². The second kappa shape index (κ2) is 5.94. The molecule has 78 valence electrons. The molecule has 4 heteroatoms. The van der Waals surface area contributed by atoms with Crippen LogP contribution in [0.5, 0.6) is 0 Å². The van der Waals surface area contributed by atoms with E-state index in [1.54, 1.807) is 7.05 Å². The Labute approximate surface area is 80.5 Å². The fourth-order valence-corrected chi connectivity index (χ4v) is 1.02. The fourth-order valence-electron chi connectivity index (χ4n) is 1.02. The summed E-state index contributed by atoms with van der Waals surface area (Å²) in [4.78, 5) is 13.0. The molecule has 0 radical (unpaired) electrons. The number of carbonyl (C=O) groups is 1. The van der Waals surface area contributed by atoms with Crippen LogP contribution < -0.4 is 11.1 Å². The van der Waals surface area contributed by atoms with Gasteiger partial charge in [0.05, 0.1) is 6.04 Å². The van der Waals surface area contributed by atoms with E-state index in [0.717, 1.165) is 13.0 Å². The molecular weight excluding hydrogens is 166 g/mol. The van der Waals surface area contributed by atoms with Crippen LogP contribution in [0, 0.1) is 0 Å². The lowest BCUT2D eigenvalue weighted by Gasteiger charge is -2.22. The summed E-state index contributed by atoms with van der Waals surface area (Å²) in [6, 6.07) is 0.298. The zero-order valence-electron chi connectivity index (χ0n) is 9.00. The van der Waals surface area contributed by atoms with E-state index < -0.39 is 0 Å². The maximum atomic E-state index is 10.9. The Morgan fingerprint density at radius 1 is 1.54 bits per heavy atom. The van der Waals surface area contributed by atoms with E-state index in [0.29, 0.717) is 6.04 Å². The van der Waals surface area contributed by atoms with E-state index in [2.05, 4.69) is 24.1 Å². The number of carbonyl (C=O) groups excluding carboxylic acids is 1. The average molecular weight is 187 g/mol. The van der Waals surface area contributed by atoms with Crippen molar-refractivity contribution in [3.63, 3.8) is 0 Å². The molecule has 13 heavy (non-hydrogen) atoms. The molecule has 0 rings (SSSR count). The second-order valence-corrected chi connectivity index (χ2v) is 3.61. The Kier molecular flexibility index (Phi) is 5.66. The van der Waals surface area contributed by atoms with Crippen molar-refractivity contribution in [2.24, 2.45) is 5.73 Å². The molecule has 0 aromatic heterocycles. The molecule has 0 aromatic carbocycles. The van der Waals surface area contributed by atoms with Crippen molar-refractivity contribution in [2.75, 3.05) is 20.6 Å². The van der Waals surface area contributed by atoms with Crippen LogP contribution in [0.2, 0.25) is 0 Å². The topological polar surface area (TPSA) is 58.4 Å². The van der Waals surface area contributed by atoms with Crippen LogP contribution in [0.4, 0.5) is 0 Å². The first-order valence-corrected chi connectivity index (χ1v) is 4.65. The molecule has 0 aromatic rings. The highest BCUT2D eigenvalue weighted by molar-refractivity contribution is 5.79. The van der Waals surface area contributed by atoms with Crippen molar-refractivity contribution in [1.82, 2.24) is 10.2 Å². The molecule has 1 unspecified atom stereocenters. The predicted octanol–water partition coefficient (Wildman–Crippen LogP) is -0.210. The third-order valence-corrected chi connectivity index (χ3v) is 2.34. The molecule has 0 aliphatic rings. The minimum atomic E-state index is -0.278. The van der Waals surface area contributed by atoms with E-state index in [-0.39, 0.29) is 11.9 Å². The molecule has 0 fully saturated rings. The largest absolute Gasteiger partial charge is 0.368 e. The molecule has 3 N–H and O–H groups in total. The number of nitrogens with two attached hydrogens (primary N) is 1. The number of hydrogen-bond acceptors (Lipinski definition) is 3. The quantitative estimate of drug-likeness (QED) is 0.605. The van der Waals surface area contributed by atoms with Crippen LogP contribution in [-0.2, 0) is 4.79 Å². The van der Waals surface area contributed by atoms with Crippen LogP contribution >= 0.6 is 0 Å². The zero-order valence-corrected chi connectivity index (χ0v) is 9.00. The molecular formula is C9H21N3O. The Morgan fingerprint density at radius 3 is 2.38 bits per heavy atom. The molecule has 0 spiro atoms. The van der Waals surface area contributed by atoms with Gasteiger partial charge in [0.1, 0.15) is 0 Å². The van der Waals surface area contributed by atoms with Gasteiger partial charge in [-0.3, -0.25) is 4.79 Å². The van der Waals surface area contributed by atoms with Gasteiger partial charge < -0.3 is 16.0 Å². The van der Waals surface area contributed by atoms with E-state index in [1.165, 1.54) is 0 Å². The van der Waals surface area contributed by atoms with E-state index in [4.69, 9.17) is 5.73 Å². The normalized spacial score (nSPS) is 13.7. The van der Waals surface area contributed by atoms with Crippen LogP contribution in [0.3, 0.4) is 0 Å². The fraction of sp³-hybridized carbons (Fsp3) is 0.889. The average Bonchev–Trinajstić information content (AvgIpc) is 2.04. The molecule has 1 atom stereocenters. The highest BCUT2D eigenvalue weighted by Crippen LogP contribution is 1.98. The van der Waals surface area contributed by atoms with Gasteiger partial charge in [-0.1, -0.05) is 0 Å². The van der Waals surface area contributed by atoms with Crippen molar-refractivity contribution in [3.05, 3.63) is 0 Å². The summed E-state index contributed by atoms with van der Waals surface area (Å²) in [5, 5.41) is 2.89. The van der Waals surface area contributed by atoms with Gasteiger partial charge in [0.25, 0.3) is 0 Å². The van der Waals surface area contributed by atoms with E-state index in [9.17, 15) is 4.79 Å². The van der Waals surface area contributed by atoms with Crippen LogP contribution in [0.1, 0.15) is 20.3 Å². The summed E-state index contributed by atoms with van der Waals surface area (Å²) in [7, 11) is 3.79. The molecule has 0 aliphatic heterocycles. The van der Waals surface area contributed by atoms with Crippen molar-refractivity contribution in [2.45, 2.75) is 32.4 Å². The maximum Gasteiger partial charge on any atom is 0.234 e. The highest BCUT2D eigenvalue weighted by atomic mass is 16.1. The molecule has 0 heterocycles. The molecule has 0 saturated carbocycles. The lowest BCUT2D eigenvalue weighted by atomic mass is 10.2. The van der Waals surface area contributed by atoms with Crippen molar-refractivity contribution >= 4 is 5.91 Å². The Morgan fingerprint density at radius 2 is 2.08 bits per heavy atom. The highest BCUT2D eigenvalue weighted by Gasteiger charge is 2.13. The van der Waals surface area contributed by atoms with Gasteiger partial charge in [-0.2, -0.15) is 0 Å². The number of nitrogens with one attached hydrogen (secondary N) is 1. The SMILES string of the molecule is CNC(CCN(C)C(C)C)C(N)=O. The summed E-state index contributed by atoms with van der Waals surface area (Å²) >= 11 is 0. The minimum absolute atomic E-state index is 0.207. The minimum Gasteiger partial charge on any atom is -0.368 e. The van der Waals surface area contributed by atoms with Crippen LogP contribution in [0.15, 0.2) is 0 Å². The first-order valence-electron chi connectivity index (χ1n) is 4.65. The number of hydrogen-bond donors (Lipinski definition) is 2. The number of likely N-dealkylation sites (N-methyl/N-ethyl adjacent to an activating group) is 1. The predicted molar refractivity (Wildman–Crippen MR) is 54.4 cm³/mol. The van der Waals surface area contributed by atoms with Gasteiger partial charge in [-0.05, 0) is 34.4 Å². The van der Waals surface area contributed by atoms with Crippen molar-refractivity contribution in [1.29, 1.82) is 0 Å². The molecule has 0 aliphatic carbocycles. The van der Waals surface area contributed by atoms with Crippen molar-refractivity contribution < 1.29 is 4.79 Å². The van der Waals surface area contributed by atoms with Gasteiger partial charge in [-0.15, -0.1) is 0 Å². The lowest BCUT2D eigenvalue weighted by molar-refractivity contribution is -0.120. The summed E-state index contributed by atoms with van der Waals surface area (Å²) in [5.74, 6) is -0.278. The third kappa shape index (κ3) is 4.85. The first kappa shape index (κ1) is 12.4. The number of rotatable bonds is 6. The Bertz CT molecular complexity index is 159. The van der Waals surface area contributed by atoms with Crippen LogP contribution in [-0.4, -0.2) is 43.5 Å². The maximum absolute atomic E-state index is 10.9. The number of nitrogens with zero attached hydrogens (tertiary/aromatic N) is 1. The smallest absolute Gasteiger partial charge is 0.234 e. The Hall–Kier alpha value is -0.610. The summed E-state index contributed by atoms with van der Waals surface area (Å²) in [5.41, 5.74) is 5.19. The summed E-state index contributed by atoms with van der Waals surface area (Å²) < 4.78 is 0. The zero-order chi connectivity index (χ0) is 10.4. The van der Waals surface area contributed by atoms with Gasteiger partial charge in [-0.25, -0.2) is 0 Å². The number of primary amides is 1. The van der Waals surface area contributed by atoms with Gasteiger partial charge in [0, 0.05) is 12.6 Å². The lowest BCUT2D eigenvalue weighted by Crippen LogP contribution is -2.42. The van der Waals surface area contributed by atoms with Gasteiger partial charge in [0.15, 0.2) is 0 Å². The summed E-state index contributed by atoms with van der Waals surface area (Å²) in [6.45, 7) is 5.13. The summed E-state index contributed by atoms with van der Waals surface area (Å²) in [6.07, 6.45) is 0.764. The van der Waals surface area contributed by atoms with E-state index in [1.807, 2.05) is 7.05 Å². The second-order valence-electron chi connectivity index (χ2n) is 3.61. The standard InChI is InChI=1S/C9H21N3O/c1-7(2)12(4)6-5-8(11-3)9(10)13/h7-8,11H,5-6H2,1-4H3,(H2,10,13). The third-order valence-electron chi connectivity index (χ3n) is 2.34. The molecule has 0 bridgehead atoms. The van der Waals surface area contributed by atoms with Crippen LogP contribution in [0.25, 0.3) is 0 Å².